The van der Waals surface area contributed by atoms with Crippen LogP contribution in [0.3, 0.4) is 0 Å². The molecular formula is C11H11ClFN3. The summed E-state index contributed by atoms with van der Waals surface area (Å²) in [7, 11) is 1.83. The molecule has 1 aromatic heterocycles. The van der Waals surface area contributed by atoms with Crippen LogP contribution in [0.4, 0.5) is 4.39 Å². The maximum atomic E-state index is 12.8. The Morgan fingerprint density at radius 1 is 1.38 bits per heavy atom. The van der Waals surface area contributed by atoms with Gasteiger partial charge in [-0.15, -0.1) is 0 Å². The van der Waals surface area contributed by atoms with Crippen molar-refractivity contribution < 1.29 is 4.39 Å². The van der Waals surface area contributed by atoms with Crippen molar-refractivity contribution in [1.29, 1.82) is 0 Å². The van der Waals surface area contributed by atoms with Gasteiger partial charge in [-0.2, -0.15) is 0 Å². The van der Waals surface area contributed by atoms with Gasteiger partial charge in [0.15, 0.2) is 5.15 Å². The molecule has 2 aromatic rings. The fraction of sp³-hybridized carbons (Fsp3) is 0.182. The predicted molar refractivity (Wildman–Crippen MR) is 61.5 cm³/mol. The number of halogens is 2. The number of aromatic nitrogens is 2. The van der Waals surface area contributed by atoms with Crippen LogP contribution in [0.2, 0.25) is 5.15 Å². The van der Waals surface area contributed by atoms with Crippen molar-refractivity contribution in [1.82, 2.24) is 9.55 Å². The Bertz CT molecular complexity index is 505. The van der Waals surface area contributed by atoms with Crippen LogP contribution in [-0.4, -0.2) is 9.55 Å². The summed E-state index contributed by atoms with van der Waals surface area (Å²) in [4.78, 5) is 4.14. The summed E-state index contributed by atoms with van der Waals surface area (Å²) < 4.78 is 14.6. The van der Waals surface area contributed by atoms with Crippen molar-refractivity contribution >= 4 is 11.6 Å². The minimum absolute atomic E-state index is 0.277. The molecule has 5 heteroatoms. The van der Waals surface area contributed by atoms with Crippen molar-refractivity contribution in [2.45, 2.75) is 6.54 Å². The zero-order valence-corrected chi connectivity index (χ0v) is 9.50. The smallest absolute Gasteiger partial charge is 0.155 e. The highest BCUT2D eigenvalue weighted by molar-refractivity contribution is 6.32. The SMILES string of the molecule is Cn1c(CN)nc(Cl)c1-c1ccc(F)cc1. The Hall–Kier alpha value is -1.39. The molecule has 0 spiro atoms. The molecule has 0 fully saturated rings. The van der Waals surface area contributed by atoms with Gasteiger partial charge >= 0.3 is 0 Å². The number of nitrogens with two attached hydrogens (primary N) is 1. The number of hydrogen-bond donors (Lipinski definition) is 1. The molecule has 16 heavy (non-hydrogen) atoms. The molecule has 0 aliphatic rings. The number of imidazole rings is 1. The lowest BCUT2D eigenvalue weighted by Gasteiger charge is -2.04. The Kier molecular flexibility index (Phi) is 2.94. The van der Waals surface area contributed by atoms with Gasteiger partial charge < -0.3 is 10.3 Å². The van der Waals surface area contributed by atoms with Crippen LogP contribution in [0.25, 0.3) is 11.3 Å². The van der Waals surface area contributed by atoms with E-state index in [0.29, 0.717) is 17.5 Å². The number of nitrogens with zero attached hydrogens (tertiary/aromatic N) is 2. The van der Waals surface area contributed by atoms with Crippen LogP contribution < -0.4 is 5.73 Å². The fourth-order valence-corrected chi connectivity index (χ4v) is 1.95. The van der Waals surface area contributed by atoms with Crippen molar-refractivity contribution in [3.8, 4) is 11.3 Å². The molecule has 0 unspecified atom stereocenters. The van der Waals surface area contributed by atoms with E-state index in [9.17, 15) is 4.39 Å². The van der Waals surface area contributed by atoms with Crippen LogP contribution in [-0.2, 0) is 13.6 Å². The molecule has 0 radical (unpaired) electrons. The quantitative estimate of drug-likeness (QED) is 0.874. The molecule has 1 aromatic carbocycles. The van der Waals surface area contributed by atoms with Crippen LogP contribution in [0.1, 0.15) is 5.82 Å². The van der Waals surface area contributed by atoms with E-state index in [1.165, 1.54) is 12.1 Å². The first-order valence-electron chi connectivity index (χ1n) is 4.80. The average molecular weight is 240 g/mol. The van der Waals surface area contributed by atoms with Gasteiger partial charge in [0.05, 0.1) is 12.2 Å². The predicted octanol–water partition coefficient (Wildman–Crippen LogP) is 2.34. The molecule has 84 valence electrons. The van der Waals surface area contributed by atoms with Crippen molar-refractivity contribution in [3.05, 3.63) is 41.1 Å². The van der Waals surface area contributed by atoms with E-state index in [0.717, 1.165) is 11.3 Å². The minimum Gasteiger partial charge on any atom is -0.329 e. The second-order valence-corrected chi connectivity index (χ2v) is 3.80. The summed E-state index contributed by atoms with van der Waals surface area (Å²) in [5.74, 6) is 0.422. The third-order valence-corrected chi connectivity index (χ3v) is 2.71. The van der Waals surface area contributed by atoms with Crippen molar-refractivity contribution in [2.24, 2.45) is 12.8 Å². The molecule has 0 saturated heterocycles. The van der Waals surface area contributed by atoms with Gasteiger partial charge in [0.2, 0.25) is 0 Å². The van der Waals surface area contributed by atoms with Gasteiger partial charge in [-0.25, -0.2) is 9.37 Å². The summed E-state index contributed by atoms with van der Waals surface area (Å²) in [6, 6.07) is 6.11. The number of benzene rings is 1. The lowest BCUT2D eigenvalue weighted by molar-refractivity contribution is 0.628. The first-order chi connectivity index (χ1) is 7.63. The van der Waals surface area contributed by atoms with Crippen LogP contribution >= 0.6 is 11.6 Å². The molecule has 2 N–H and O–H groups in total. The van der Waals surface area contributed by atoms with Crippen LogP contribution in [0.15, 0.2) is 24.3 Å². The first kappa shape index (κ1) is 11.1. The second-order valence-electron chi connectivity index (χ2n) is 3.44. The van der Waals surface area contributed by atoms with E-state index in [2.05, 4.69) is 4.98 Å². The van der Waals surface area contributed by atoms with Crippen molar-refractivity contribution in [3.63, 3.8) is 0 Å². The average Bonchev–Trinajstić information content (AvgIpc) is 2.56. The van der Waals surface area contributed by atoms with Gasteiger partial charge in [0, 0.05) is 12.6 Å². The highest BCUT2D eigenvalue weighted by atomic mass is 35.5. The zero-order valence-electron chi connectivity index (χ0n) is 8.74. The van der Waals surface area contributed by atoms with E-state index in [1.807, 2.05) is 11.6 Å². The van der Waals surface area contributed by atoms with Crippen LogP contribution in [0, 0.1) is 5.82 Å². The second kappa shape index (κ2) is 4.23. The maximum absolute atomic E-state index is 12.8. The molecule has 0 amide bonds. The van der Waals surface area contributed by atoms with Gasteiger partial charge in [-0.3, -0.25) is 0 Å². The Balaban J connectivity index is 2.55. The monoisotopic (exact) mass is 239 g/mol. The first-order valence-corrected chi connectivity index (χ1v) is 5.18. The summed E-state index contributed by atoms with van der Waals surface area (Å²) >= 11 is 6.02. The molecule has 0 saturated carbocycles. The van der Waals surface area contributed by atoms with Gasteiger partial charge in [-0.1, -0.05) is 11.6 Å². The largest absolute Gasteiger partial charge is 0.329 e. The normalized spacial score (nSPS) is 10.8. The van der Waals surface area contributed by atoms with E-state index < -0.39 is 0 Å². The van der Waals surface area contributed by atoms with E-state index in [4.69, 9.17) is 17.3 Å². The van der Waals surface area contributed by atoms with E-state index in [-0.39, 0.29) is 5.82 Å². The van der Waals surface area contributed by atoms with E-state index >= 15 is 0 Å². The van der Waals surface area contributed by atoms with E-state index in [1.54, 1.807) is 12.1 Å². The standard InChI is InChI=1S/C11H11ClFN3/c1-16-9(6-14)15-11(12)10(16)7-2-4-8(13)5-3-7/h2-5H,6,14H2,1H3. The molecule has 0 bridgehead atoms. The summed E-state index contributed by atoms with van der Waals surface area (Å²) in [6.07, 6.45) is 0. The Labute approximate surface area is 97.7 Å². The number of rotatable bonds is 2. The third kappa shape index (κ3) is 1.81. The molecule has 0 aliphatic heterocycles. The molecule has 0 aliphatic carbocycles. The van der Waals surface area contributed by atoms with Crippen molar-refractivity contribution in [2.75, 3.05) is 0 Å². The lowest BCUT2D eigenvalue weighted by atomic mass is 10.1. The maximum Gasteiger partial charge on any atom is 0.155 e. The van der Waals surface area contributed by atoms with Gasteiger partial charge in [-0.05, 0) is 24.3 Å². The molecule has 1 heterocycles. The van der Waals surface area contributed by atoms with Gasteiger partial charge in [0.1, 0.15) is 11.6 Å². The Morgan fingerprint density at radius 2 is 2.00 bits per heavy atom. The molecule has 0 atom stereocenters. The molecule has 3 nitrogen and oxygen atoms in total. The third-order valence-electron chi connectivity index (χ3n) is 2.45. The number of hydrogen-bond acceptors (Lipinski definition) is 2. The summed E-state index contributed by atoms with van der Waals surface area (Å²) in [5.41, 5.74) is 7.11. The zero-order chi connectivity index (χ0) is 11.7. The highest BCUT2D eigenvalue weighted by Crippen LogP contribution is 2.27. The summed E-state index contributed by atoms with van der Waals surface area (Å²) in [6.45, 7) is 0.317. The highest BCUT2D eigenvalue weighted by Gasteiger charge is 2.13. The Morgan fingerprint density at radius 3 is 2.50 bits per heavy atom. The topological polar surface area (TPSA) is 43.8 Å². The molecule has 2 rings (SSSR count). The molecular weight excluding hydrogens is 229 g/mol. The van der Waals surface area contributed by atoms with Gasteiger partial charge in [0.25, 0.3) is 0 Å². The van der Waals surface area contributed by atoms with Crippen LogP contribution in [0.5, 0.6) is 0 Å². The minimum atomic E-state index is -0.277. The lowest BCUT2D eigenvalue weighted by Crippen LogP contribution is -2.05. The fourth-order valence-electron chi connectivity index (χ4n) is 1.61. The summed E-state index contributed by atoms with van der Waals surface area (Å²) in [5, 5.41) is 0.384.